The molecule has 0 bridgehead atoms. The highest BCUT2D eigenvalue weighted by molar-refractivity contribution is 6.32. The SMILES string of the molecule is C=C(Nc1ccc(C#N)c(Cl)c1)Nc1nc(OCC(F)(F)F)cc(OCC(F)(F)F)n1. The molecule has 0 aliphatic rings. The van der Waals surface area contributed by atoms with Crippen molar-refractivity contribution in [2.24, 2.45) is 0 Å². The molecule has 0 unspecified atom stereocenters. The second kappa shape index (κ2) is 9.61. The average molecular weight is 468 g/mol. The number of anilines is 2. The number of nitrogens with one attached hydrogen (secondary N) is 2. The maximum Gasteiger partial charge on any atom is 0.422 e. The third kappa shape index (κ3) is 8.47. The van der Waals surface area contributed by atoms with E-state index in [0.29, 0.717) is 11.8 Å². The van der Waals surface area contributed by atoms with E-state index in [9.17, 15) is 26.3 Å². The second-order valence-corrected chi connectivity index (χ2v) is 6.12. The monoisotopic (exact) mass is 467 g/mol. The minimum atomic E-state index is -4.70. The van der Waals surface area contributed by atoms with E-state index < -0.39 is 43.3 Å². The Morgan fingerprint density at radius 1 is 1.00 bits per heavy atom. The Kier molecular flexibility index (Phi) is 7.40. The summed E-state index contributed by atoms with van der Waals surface area (Å²) in [5.74, 6) is -1.83. The summed E-state index contributed by atoms with van der Waals surface area (Å²) in [4.78, 5) is 7.26. The van der Waals surface area contributed by atoms with Crippen LogP contribution in [0.1, 0.15) is 5.56 Å². The lowest BCUT2D eigenvalue weighted by atomic mass is 10.2. The molecule has 2 N–H and O–H groups in total. The van der Waals surface area contributed by atoms with E-state index in [0.717, 1.165) is 0 Å². The van der Waals surface area contributed by atoms with Crippen LogP contribution in [0.5, 0.6) is 11.8 Å². The van der Waals surface area contributed by atoms with Gasteiger partial charge in [0.1, 0.15) is 11.9 Å². The van der Waals surface area contributed by atoms with Crippen molar-refractivity contribution in [3.05, 3.63) is 47.3 Å². The quantitative estimate of drug-likeness (QED) is 0.535. The van der Waals surface area contributed by atoms with Crippen molar-refractivity contribution < 1.29 is 35.8 Å². The van der Waals surface area contributed by atoms with Crippen LogP contribution in [0, 0.1) is 11.3 Å². The maximum atomic E-state index is 12.4. The normalized spacial score (nSPS) is 11.4. The molecule has 2 rings (SSSR count). The minimum Gasteiger partial charge on any atom is -0.468 e. The van der Waals surface area contributed by atoms with E-state index in [-0.39, 0.29) is 16.4 Å². The van der Waals surface area contributed by atoms with Crippen LogP contribution in [0.2, 0.25) is 5.02 Å². The molecule has 166 valence electrons. The summed E-state index contributed by atoms with van der Waals surface area (Å²) < 4.78 is 83.1. The van der Waals surface area contributed by atoms with E-state index in [4.69, 9.17) is 16.9 Å². The molecule has 0 saturated heterocycles. The standard InChI is InChI=1S/C17H12ClF6N5O2/c1-9(26-11-3-2-10(6-25)12(18)4-11)27-15-28-13(30-7-16(19,20)21)5-14(29-15)31-8-17(22,23)24/h2-5,26H,1,7-8H2,(H,27,28,29). The summed E-state index contributed by atoms with van der Waals surface area (Å²) in [6, 6.07) is 6.85. The third-order valence-corrected chi connectivity index (χ3v) is 3.41. The Morgan fingerprint density at radius 3 is 2.00 bits per heavy atom. The highest BCUT2D eigenvalue weighted by Gasteiger charge is 2.30. The number of rotatable bonds is 8. The lowest BCUT2D eigenvalue weighted by Gasteiger charge is -2.15. The number of hydrogen-bond donors (Lipinski definition) is 2. The van der Waals surface area contributed by atoms with Gasteiger partial charge in [-0.15, -0.1) is 0 Å². The summed E-state index contributed by atoms with van der Waals surface area (Å²) >= 11 is 5.90. The predicted octanol–water partition coefficient (Wildman–Crippen LogP) is 4.88. The van der Waals surface area contributed by atoms with Crippen LogP contribution < -0.4 is 20.1 Å². The van der Waals surface area contributed by atoms with Gasteiger partial charge in [-0.2, -0.15) is 41.6 Å². The van der Waals surface area contributed by atoms with Crippen LogP contribution in [0.4, 0.5) is 38.0 Å². The minimum absolute atomic E-state index is 0.0180. The highest BCUT2D eigenvalue weighted by Crippen LogP contribution is 2.25. The fourth-order valence-electron chi connectivity index (χ4n) is 1.94. The van der Waals surface area contributed by atoms with Gasteiger partial charge >= 0.3 is 12.4 Å². The molecule has 1 heterocycles. The summed E-state index contributed by atoms with van der Waals surface area (Å²) in [5.41, 5.74) is 0.592. The zero-order valence-electron chi connectivity index (χ0n) is 15.2. The first-order chi connectivity index (χ1) is 14.3. The Labute approximate surface area is 176 Å². The van der Waals surface area contributed by atoms with Crippen molar-refractivity contribution in [1.29, 1.82) is 5.26 Å². The summed E-state index contributed by atoms with van der Waals surface area (Å²) in [6.45, 7) is 0.133. The number of benzene rings is 1. The van der Waals surface area contributed by atoms with Gasteiger partial charge in [0, 0.05) is 5.69 Å². The molecule has 0 amide bonds. The number of halogens is 7. The lowest BCUT2D eigenvalue weighted by molar-refractivity contribution is -0.154. The molecule has 1 aromatic heterocycles. The summed E-state index contributed by atoms with van der Waals surface area (Å²) in [5, 5.41) is 14.2. The van der Waals surface area contributed by atoms with Gasteiger partial charge in [0.2, 0.25) is 17.7 Å². The zero-order chi connectivity index (χ0) is 23.2. The van der Waals surface area contributed by atoms with Crippen molar-refractivity contribution in [3.8, 4) is 17.8 Å². The predicted molar refractivity (Wildman–Crippen MR) is 97.7 cm³/mol. The van der Waals surface area contributed by atoms with Crippen LogP contribution in [-0.2, 0) is 0 Å². The van der Waals surface area contributed by atoms with E-state index in [1.807, 2.05) is 6.07 Å². The topological polar surface area (TPSA) is 92.1 Å². The van der Waals surface area contributed by atoms with Gasteiger partial charge in [0.25, 0.3) is 0 Å². The smallest absolute Gasteiger partial charge is 0.422 e. The fourth-order valence-corrected chi connectivity index (χ4v) is 2.17. The summed E-state index contributed by atoms with van der Waals surface area (Å²) in [7, 11) is 0. The highest BCUT2D eigenvalue weighted by atomic mass is 35.5. The third-order valence-electron chi connectivity index (χ3n) is 3.09. The number of ether oxygens (including phenoxy) is 2. The molecule has 0 aliphatic carbocycles. The van der Waals surface area contributed by atoms with Crippen LogP contribution in [0.15, 0.2) is 36.7 Å². The number of aromatic nitrogens is 2. The van der Waals surface area contributed by atoms with Crippen molar-refractivity contribution in [1.82, 2.24) is 9.97 Å². The van der Waals surface area contributed by atoms with Gasteiger partial charge in [-0.05, 0) is 18.2 Å². The molecule has 2 aromatic rings. The van der Waals surface area contributed by atoms with Gasteiger partial charge in [0.15, 0.2) is 13.2 Å². The van der Waals surface area contributed by atoms with Crippen LogP contribution in [0.25, 0.3) is 0 Å². The van der Waals surface area contributed by atoms with Crippen molar-refractivity contribution >= 4 is 23.2 Å². The number of hydrogen-bond acceptors (Lipinski definition) is 7. The van der Waals surface area contributed by atoms with Gasteiger partial charge < -0.3 is 20.1 Å². The van der Waals surface area contributed by atoms with Gasteiger partial charge in [-0.3, -0.25) is 0 Å². The van der Waals surface area contributed by atoms with E-state index >= 15 is 0 Å². The number of alkyl halides is 6. The van der Waals surface area contributed by atoms with Crippen molar-refractivity contribution in [2.75, 3.05) is 23.8 Å². The van der Waals surface area contributed by atoms with Crippen molar-refractivity contribution in [2.45, 2.75) is 12.4 Å². The van der Waals surface area contributed by atoms with E-state index in [2.05, 4.69) is 36.7 Å². The second-order valence-electron chi connectivity index (χ2n) is 5.71. The first-order valence-electron chi connectivity index (χ1n) is 8.05. The van der Waals surface area contributed by atoms with Gasteiger partial charge in [-0.1, -0.05) is 18.2 Å². The maximum absolute atomic E-state index is 12.4. The molecule has 0 fully saturated rings. The largest absolute Gasteiger partial charge is 0.468 e. The first-order valence-corrected chi connectivity index (χ1v) is 8.43. The Hall–Kier alpha value is -3.40. The molecular weight excluding hydrogens is 456 g/mol. The Bertz CT molecular complexity index is 954. The Balaban J connectivity index is 2.17. The fraction of sp³-hybridized carbons (Fsp3) is 0.235. The van der Waals surface area contributed by atoms with Gasteiger partial charge in [0.05, 0.1) is 16.7 Å². The molecule has 14 heteroatoms. The number of nitriles is 1. The van der Waals surface area contributed by atoms with Crippen LogP contribution in [0.3, 0.4) is 0 Å². The average Bonchev–Trinajstić information content (AvgIpc) is 2.63. The molecule has 0 atom stereocenters. The van der Waals surface area contributed by atoms with E-state index in [1.165, 1.54) is 18.2 Å². The lowest BCUT2D eigenvalue weighted by Crippen LogP contribution is -2.21. The van der Waals surface area contributed by atoms with Crippen LogP contribution >= 0.6 is 11.6 Å². The molecule has 31 heavy (non-hydrogen) atoms. The molecule has 0 aliphatic heterocycles. The molecule has 0 radical (unpaired) electrons. The zero-order valence-corrected chi connectivity index (χ0v) is 16.0. The van der Waals surface area contributed by atoms with E-state index in [1.54, 1.807) is 0 Å². The molecule has 0 spiro atoms. The molecule has 0 saturated carbocycles. The first kappa shape index (κ1) is 23.9. The van der Waals surface area contributed by atoms with Gasteiger partial charge in [-0.25, -0.2) is 0 Å². The van der Waals surface area contributed by atoms with Crippen LogP contribution in [-0.4, -0.2) is 35.5 Å². The summed E-state index contributed by atoms with van der Waals surface area (Å²) in [6.07, 6.45) is -9.41. The molecular formula is C17H12ClF6N5O2. The van der Waals surface area contributed by atoms with Crippen molar-refractivity contribution in [3.63, 3.8) is 0 Å². The molecule has 1 aromatic carbocycles. The molecule has 7 nitrogen and oxygen atoms in total. The Morgan fingerprint density at radius 2 is 1.55 bits per heavy atom. The number of nitrogens with zero attached hydrogens (tertiary/aromatic N) is 3.